The van der Waals surface area contributed by atoms with Gasteiger partial charge in [-0.2, -0.15) is 0 Å². The fourth-order valence-corrected chi connectivity index (χ4v) is 2.61. The molecule has 148 valence electrons. The summed E-state index contributed by atoms with van der Waals surface area (Å²) in [4.78, 5) is 34.7. The lowest BCUT2D eigenvalue weighted by atomic mass is 10.1. The van der Waals surface area contributed by atoms with Crippen LogP contribution in [0.4, 0.5) is 5.69 Å². The number of carbonyl (C=O) groups excluding carboxylic acids is 2. The third-order valence-electron chi connectivity index (χ3n) is 3.53. The van der Waals surface area contributed by atoms with E-state index in [1.54, 1.807) is 6.07 Å². The second-order valence-electron chi connectivity index (χ2n) is 6.00. The summed E-state index contributed by atoms with van der Waals surface area (Å²) < 4.78 is 15.2. The van der Waals surface area contributed by atoms with E-state index in [0.717, 1.165) is 19.2 Å². The maximum Gasteiger partial charge on any atom is 0.349 e. The molecular weight excluding hydrogens is 413 g/mol. The molecule has 0 aliphatic carbocycles. The normalized spacial score (nSPS) is 10.9. The monoisotopic (exact) mass is 427 g/mol. The minimum Gasteiger partial charge on any atom is -0.466 e. The first-order valence-electron chi connectivity index (χ1n) is 7.78. The number of halogens is 2. The lowest BCUT2D eigenvalue weighted by Gasteiger charge is -2.22. The molecule has 0 aliphatic heterocycles. The minimum atomic E-state index is -1.64. The van der Waals surface area contributed by atoms with Gasteiger partial charge in [-0.05, 0) is 38.1 Å². The van der Waals surface area contributed by atoms with E-state index in [1.807, 2.05) is 0 Å². The van der Waals surface area contributed by atoms with Crippen LogP contribution in [-0.4, -0.2) is 29.6 Å². The fraction of sp³-hybridized carbons (Fsp3) is 0.222. The Kier molecular flexibility index (Phi) is 6.48. The van der Waals surface area contributed by atoms with E-state index in [0.29, 0.717) is 5.02 Å². The molecule has 0 N–H and O–H groups in total. The highest BCUT2D eigenvalue weighted by Crippen LogP contribution is 2.34. The van der Waals surface area contributed by atoms with Crippen LogP contribution in [0, 0.1) is 10.1 Å². The molecule has 10 heteroatoms. The van der Waals surface area contributed by atoms with Gasteiger partial charge in [-0.25, -0.2) is 9.59 Å². The van der Waals surface area contributed by atoms with Crippen LogP contribution < -0.4 is 4.74 Å². The summed E-state index contributed by atoms with van der Waals surface area (Å²) in [5.41, 5.74) is -2.56. The van der Waals surface area contributed by atoms with Gasteiger partial charge in [0.2, 0.25) is 5.60 Å². The van der Waals surface area contributed by atoms with Gasteiger partial charge in [-0.15, -0.1) is 0 Å². The average molecular weight is 428 g/mol. The zero-order valence-corrected chi connectivity index (χ0v) is 16.5. The molecule has 0 radical (unpaired) electrons. The molecular formula is C18H15Cl2NO7. The number of hydrogen-bond donors (Lipinski definition) is 0. The number of ether oxygens (including phenoxy) is 3. The molecule has 0 atom stereocenters. The Morgan fingerprint density at radius 2 is 1.79 bits per heavy atom. The van der Waals surface area contributed by atoms with E-state index in [-0.39, 0.29) is 16.5 Å². The number of hydrogen-bond acceptors (Lipinski definition) is 7. The largest absolute Gasteiger partial charge is 0.466 e. The predicted molar refractivity (Wildman–Crippen MR) is 101 cm³/mol. The first kappa shape index (κ1) is 21.5. The second-order valence-corrected chi connectivity index (χ2v) is 6.85. The van der Waals surface area contributed by atoms with Crippen molar-refractivity contribution in [3.63, 3.8) is 0 Å². The van der Waals surface area contributed by atoms with Crippen molar-refractivity contribution in [1.82, 2.24) is 0 Å². The highest BCUT2D eigenvalue weighted by Gasteiger charge is 2.35. The van der Waals surface area contributed by atoms with Gasteiger partial charge in [0.05, 0.1) is 17.1 Å². The minimum absolute atomic E-state index is 0.0950. The Morgan fingerprint density at radius 3 is 2.36 bits per heavy atom. The molecule has 0 unspecified atom stereocenters. The summed E-state index contributed by atoms with van der Waals surface area (Å²) in [6.07, 6.45) is 0. The average Bonchev–Trinajstić information content (AvgIpc) is 2.62. The van der Waals surface area contributed by atoms with Crippen molar-refractivity contribution in [1.29, 1.82) is 0 Å². The van der Waals surface area contributed by atoms with E-state index in [1.165, 1.54) is 32.0 Å². The summed E-state index contributed by atoms with van der Waals surface area (Å²) in [5, 5.41) is 11.9. The first-order chi connectivity index (χ1) is 13.0. The van der Waals surface area contributed by atoms with Crippen LogP contribution in [0.1, 0.15) is 24.2 Å². The van der Waals surface area contributed by atoms with Crippen molar-refractivity contribution in [3.8, 4) is 11.5 Å². The summed E-state index contributed by atoms with van der Waals surface area (Å²) in [7, 11) is 1.13. The third kappa shape index (κ3) is 4.90. The molecule has 0 heterocycles. The molecule has 0 fully saturated rings. The van der Waals surface area contributed by atoms with Crippen molar-refractivity contribution in [3.05, 3.63) is 62.1 Å². The summed E-state index contributed by atoms with van der Waals surface area (Å²) in [6, 6.07) is 8.01. The molecule has 0 saturated heterocycles. The van der Waals surface area contributed by atoms with Crippen molar-refractivity contribution in [2.24, 2.45) is 0 Å². The lowest BCUT2D eigenvalue weighted by Crippen LogP contribution is -2.38. The predicted octanol–water partition coefficient (Wildman–Crippen LogP) is 4.80. The summed E-state index contributed by atoms with van der Waals surface area (Å²) in [5.74, 6) is -1.58. The van der Waals surface area contributed by atoms with E-state index in [4.69, 9.17) is 32.7 Å². The maximum atomic E-state index is 12.5. The number of esters is 2. The van der Waals surface area contributed by atoms with Gasteiger partial charge in [-0.1, -0.05) is 23.2 Å². The molecule has 0 amide bonds. The molecule has 2 aromatic carbocycles. The second kappa shape index (κ2) is 8.45. The van der Waals surface area contributed by atoms with Crippen LogP contribution in [0.3, 0.4) is 0 Å². The van der Waals surface area contributed by atoms with Crippen LogP contribution in [0.2, 0.25) is 10.0 Å². The number of nitro groups is 1. The topological polar surface area (TPSA) is 105 Å². The smallest absolute Gasteiger partial charge is 0.349 e. The van der Waals surface area contributed by atoms with Crippen LogP contribution in [-0.2, 0) is 14.3 Å². The molecule has 8 nitrogen and oxygen atoms in total. The van der Waals surface area contributed by atoms with Gasteiger partial charge in [0, 0.05) is 17.2 Å². The van der Waals surface area contributed by atoms with Crippen molar-refractivity contribution in [2.45, 2.75) is 19.4 Å². The molecule has 2 aromatic rings. The lowest BCUT2D eigenvalue weighted by molar-refractivity contribution is -0.385. The summed E-state index contributed by atoms with van der Waals surface area (Å²) in [6.45, 7) is 2.60. The molecule has 0 spiro atoms. The Morgan fingerprint density at radius 1 is 1.11 bits per heavy atom. The van der Waals surface area contributed by atoms with Gasteiger partial charge in [0.1, 0.15) is 17.1 Å². The fourth-order valence-electron chi connectivity index (χ4n) is 2.16. The first-order valence-corrected chi connectivity index (χ1v) is 8.54. The number of benzene rings is 2. The molecule has 2 rings (SSSR count). The van der Waals surface area contributed by atoms with Crippen LogP contribution in [0.15, 0.2) is 36.4 Å². The number of nitrogens with zero attached hydrogens (tertiary/aromatic N) is 1. The van der Waals surface area contributed by atoms with Crippen LogP contribution >= 0.6 is 23.2 Å². The molecule has 0 aliphatic rings. The van der Waals surface area contributed by atoms with Crippen molar-refractivity contribution in [2.75, 3.05) is 7.11 Å². The van der Waals surface area contributed by atoms with E-state index in [9.17, 15) is 19.7 Å². The maximum absolute atomic E-state index is 12.5. The Balaban J connectivity index is 2.39. The van der Waals surface area contributed by atoms with Gasteiger partial charge >= 0.3 is 11.9 Å². The number of methoxy groups -OCH3 is 1. The SMILES string of the molecule is COC(=O)C(C)(C)OC(=O)c1cc(Oc2ccc(Cl)cc2Cl)ccc1[N+](=O)[O-]. The number of rotatable bonds is 6. The van der Waals surface area contributed by atoms with E-state index in [2.05, 4.69) is 4.74 Å². The van der Waals surface area contributed by atoms with Gasteiger partial charge in [-0.3, -0.25) is 10.1 Å². The molecule has 0 saturated carbocycles. The molecule has 28 heavy (non-hydrogen) atoms. The van der Waals surface area contributed by atoms with Gasteiger partial charge < -0.3 is 14.2 Å². The van der Waals surface area contributed by atoms with E-state index < -0.39 is 33.7 Å². The highest BCUT2D eigenvalue weighted by molar-refractivity contribution is 6.35. The molecule has 0 bridgehead atoms. The highest BCUT2D eigenvalue weighted by atomic mass is 35.5. The Labute approximate surface area is 170 Å². The van der Waals surface area contributed by atoms with Crippen molar-refractivity contribution < 1.29 is 28.7 Å². The zero-order chi connectivity index (χ0) is 21.1. The zero-order valence-electron chi connectivity index (χ0n) is 15.0. The molecule has 0 aromatic heterocycles. The quantitative estimate of drug-likeness (QED) is 0.370. The Hall–Kier alpha value is -2.84. The Bertz CT molecular complexity index is 944. The van der Waals surface area contributed by atoms with Crippen LogP contribution in [0.25, 0.3) is 0 Å². The van der Waals surface area contributed by atoms with Gasteiger partial charge in [0.25, 0.3) is 5.69 Å². The summed E-state index contributed by atoms with van der Waals surface area (Å²) >= 11 is 11.9. The van der Waals surface area contributed by atoms with Gasteiger partial charge in [0.15, 0.2) is 0 Å². The van der Waals surface area contributed by atoms with E-state index >= 15 is 0 Å². The van der Waals surface area contributed by atoms with Crippen molar-refractivity contribution >= 4 is 40.8 Å². The number of carbonyl (C=O) groups is 2. The standard InChI is InChI=1S/C18H15Cl2NO7/c1-18(2,17(23)26-3)28-16(22)12-9-11(5-6-14(12)21(24)25)27-15-7-4-10(19)8-13(15)20/h4-9H,1-3H3. The van der Waals surface area contributed by atoms with Crippen LogP contribution in [0.5, 0.6) is 11.5 Å². The number of nitro benzene ring substituents is 1. The third-order valence-corrected chi connectivity index (χ3v) is 4.06.